The summed E-state index contributed by atoms with van der Waals surface area (Å²) in [4.78, 5) is 5.48. The zero-order valence-electron chi connectivity index (χ0n) is 10.8. The Labute approximate surface area is 111 Å². The fourth-order valence-electron chi connectivity index (χ4n) is 1.35. The van der Waals surface area contributed by atoms with E-state index in [4.69, 9.17) is 10.3 Å². The van der Waals surface area contributed by atoms with Crippen LogP contribution in [0.4, 0.5) is 0 Å². The van der Waals surface area contributed by atoms with Crippen LogP contribution >= 0.6 is 11.8 Å². The molecular weight excluding hydrogens is 246 g/mol. The molecule has 1 aromatic heterocycles. The molecule has 0 amide bonds. The summed E-state index contributed by atoms with van der Waals surface area (Å²) in [6, 6.07) is 8.35. The summed E-state index contributed by atoms with van der Waals surface area (Å²) in [6.07, 6.45) is 0. The molecule has 0 saturated heterocycles. The minimum Gasteiger partial charge on any atom is -0.338 e. The molecule has 0 aliphatic heterocycles. The van der Waals surface area contributed by atoms with Gasteiger partial charge >= 0.3 is 0 Å². The smallest absolute Gasteiger partial charge is 0.237 e. The van der Waals surface area contributed by atoms with Crippen molar-refractivity contribution in [3.05, 3.63) is 41.5 Å². The molecule has 0 atom stereocenters. The zero-order chi connectivity index (χ0) is 13.2. The highest BCUT2D eigenvalue weighted by atomic mass is 32.2. The Morgan fingerprint density at radius 1 is 1.28 bits per heavy atom. The Bertz CT molecular complexity index is 514. The summed E-state index contributed by atoms with van der Waals surface area (Å²) in [5.41, 5.74) is 6.60. The van der Waals surface area contributed by atoms with E-state index in [1.54, 1.807) is 11.8 Å². The van der Waals surface area contributed by atoms with Gasteiger partial charge in [0, 0.05) is 4.90 Å². The molecule has 0 saturated carbocycles. The molecule has 0 aliphatic rings. The summed E-state index contributed by atoms with van der Waals surface area (Å²) in [5.74, 6) is 1.81. The summed E-state index contributed by atoms with van der Waals surface area (Å²) < 4.78 is 5.17. The van der Waals surface area contributed by atoms with Gasteiger partial charge in [0.2, 0.25) is 5.89 Å². The second-order valence-electron chi connectivity index (χ2n) is 4.84. The summed E-state index contributed by atoms with van der Waals surface area (Å²) in [7, 11) is 0. The van der Waals surface area contributed by atoms with Gasteiger partial charge in [0.25, 0.3) is 0 Å². The van der Waals surface area contributed by atoms with E-state index in [1.807, 2.05) is 13.8 Å². The molecule has 2 rings (SSSR count). The minimum absolute atomic E-state index is 0.544. The van der Waals surface area contributed by atoms with Gasteiger partial charge in [0.1, 0.15) is 0 Å². The van der Waals surface area contributed by atoms with Crippen LogP contribution in [0.25, 0.3) is 0 Å². The van der Waals surface area contributed by atoms with E-state index in [1.165, 1.54) is 10.5 Å². The molecule has 4 nitrogen and oxygen atoms in total. The van der Waals surface area contributed by atoms with E-state index < -0.39 is 5.54 Å². The molecule has 0 spiro atoms. The SMILES string of the molecule is Cc1ccc(SCc2nc(C(C)(C)N)no2)cc1. The van der Waals surface area contributed by atoms with Gasteiger partial charge in [-0.15, -0.1) is 11.8 Å². The van der Waals surface area contributed by atoms with Crippen molar-refractivity contribution in [3.63, 3.8) is 0 Å². The van der Waals surface area contributed by atoms with Gasteiger partial charge in [0.15, 0.2) is 5.82 Å². The largest absolute Gasteiger partial charge is 0.338 e. The highest BCUT2D eigenvalue weighted by Crippen LogP contribution is 2.23. The number of aryl methyl sites for hydroxylation is 1. The van der Waals surface area contributed by atoms with Gasteiger partial charge in [-0.3, -0.25) is 0 Å². The Balaban J connectivity index is 1.98. The molecule has 0 radical (unpaired) electrons. The van der Waals surface area contributed by atoms with Gasteiger partial charge in [-0.25, -0.2) is 0 Å². The lowest BCUT2D eigenvalue weighted by Crippen LogP contribution is -2.30. The van der Waals surface area contributed by atoms with Gasteiger partial charge in [-0.2, -0.15) is 4.98 Å². The molecule has 0 bridgehead atoms. The summed E-state index contributed by atoms with van der Waals surface area (Å²) >= 11 is 1.67. The van der Waals surface area contributed by atoms with Crippen molar-refractivity contribution in [2.75, 3.05) is 0 Å². The number of aromatic nitrogens is 2. The van der Waals surface area contributed by atoms with Crippen LogP contribution in [0.15, 0.2) is 33.7 Å². The van der Waals surface area contributed by atoms with Crippen molar-refractivity contribution in [2.24, 2.45) is 5.73 Å². The van der Waals surface area contributed by atoms with Crippen molar-refractivity contribution >= 4 is 11.8 Å². The molecule has 2 aromatic rings. The monoisotopic (exact) mass is 263 g/mol. The predicted octanol–water partition coefficient (Wildman–Crippen LogP) is 2.86. The first-order valence-corrected chi connectivity index (χ1v) is 6.75. The van der Waals surface area contributed by atoms with E-state index >= 15 is 0 Å². The standard InChI is InChI=1S/C13H17N3OS/c1-9-4-6-10(7-5-9)18-8-11-15-12(16-17-11)13(2,3)14/h4-7H,8,14H2,1-3H3. The second kappa shape index (κ2) is 5.12. The third kappa shape index (κ3) is 3.34. The van der Waals surface area contributed by atoms with E-state index in [-0.39, 0.29) is 0 Å². The molecule has 96 valence electrons. The third-order valence-electron chi connectivity index (χ3n) is 2.43. The number of nitrogens with two attached hydrogens (primary N) is 1. The van der Waals surface area contributed by atoms with Crippen LogP contribution in [0.5, 0.6) is 0 Å². The minimum atomic E-state index is -0.559. The van der Waals surface area contributed by atoms with Gasteiger partial charge < -0.3 is 10.3 Å². The van der Waals surface area contributed by atoms with Crippen LogP contribution in [-0.4, -0.2) is 10.1 Å². The zero-order valence-corrected chi connectivity index (χ0v) is 11.6. The number of benzene rings is 1. The van der Waals surface area contributed by atoms with Crippen molar-refractivity contribution in [3.8, 4) is 0 Å². The maximum absolute atomic E-state index is 5.90. The van der Waals surface area contributed by atoms with Crippen LogP contribution in [0, 0.1) is 6.92 Å². The fourth-order valence-corrected chi connectivity index (χ4v) is 2.09. The molecular formula is C13H17N3OS. The first kappa shape index (κ1) is 13.1. The highest BCUT2D eigenvalue weighted by Gasteiger charge is 2.21. The molecule has 5 heteroatoms. The van der Waals surface area contributed by atoms with Gasteiger partial charge in [-0.05, 0) is 32.9 Å². The maximum atomic E-state index is 5.90. The maximum Gasteiger partial charge on any atom is 0.237 e. The van der Waals surface area contributed by atoms with E-state index in [0.717, 1.165) is 0 Å². The molecule has 1 heterocycles. The first-order valence-electron chi connectivity index (χ1n) is 5.76. The van der Waals surface area contributed by atoms with Crippen LogP contribution in [0.2, 0.25) is 0 Å². The number of hydrogen-bond acceptors (Lipinski definition) is 5. The van der Waals surface area contributed by atoms with Crippen molar-refractivity contribution < 1.29 is 4.52 Å². The van der Waals surface area contributed by atoms with E-state index in [0.29, 0.717) is 17.5 Å². The van der Waals surface area contributed by atoms with Crippen molar-refractivity contribution in [2.45, 2.75) is 37.0 Å². The lowest BCUT2D eigenvalue weighted by atomic mass is 10.1. The van der Waals surface area contributed by atoms with Crippen LogP contribution in [0.1, 0.15) is 31.1 Å². The third-order valence-corrected chi connectivity index (χ3v) is 3.42. The first-order chi connectivity index (χ1) is 8.45. The van der Waals surface area contributed by atoms with Crippen LogP contribution < -0.4 is 5.73 Å². The van der Waals surface area contributed by atoms with E-state index in [9.17, 15) is 0 Å². The summed E-state index contributed by atoms with van der Waals surface area (Å²) in [5, 5.41) is 3.89. The number of thioether (sulfide) groups is 1. The Morgan fingerprint density at radius 3 is 2.50 bits per heavy atom. The quantitative estimate of drug-likeness (QED) is 0.859. The molecule has 18 heavy (non-hydrogen) atoms. The molecule has 2 N–H and O–H groups in total. The van der Waals surface area contributed by atoms with Gasteiger partial charge in [-0.1, -0.05) is 22.9 Å². The average Bonchev–Trinajstić information content (AvgIpc) is 2.77. The highest BCUT2D eigenvalue weighted by molar-refractivity contribution is 7.98. The van der Waals surface area contributed by atoms with E-state index in [2.05, 4.69) is 41.3 Å². The van der Waals surface area contributed by atoms with Crippen LogP contribution in [0.3, 0.4) is 0 Å². The lowest BCUT2D eigenvalue weighted by Gasteiger charge is -2.11. The normalized spacial score (nSPS) is 11.8. The topological polar surface area (TPSA) is 64.9 Å². The van der Waals surface area contributed by atoms with Crippen molar-refractivity contribution in [1.82, 2.24) is 10.1 Å². The molecule has 0 unspecified atom stereocenters. The predicted molar refractivity (Wildman–Crippen MR) is 72.3 cm³/mol. The second-order valence-corrected chi connectivity index (χ2v) is 5.88. The summed E-state index contributed by atoms with van der Waals surface area (Å²) in [6.45, 7) is 5.78. The Hall–Kier alpha value is -1.33. The molecule has 0 aliphatic carbocycles. The average molecular weight is 263 g/mol. The molecule has 1 aromatic carbocycles. The Morgan fingerprint density at radius 2 is 1.94 bits per heavy atom. The van der Waals surface area contributed by atoms with Crippen LogP contribution in [-0.2, 0) is 11.3 Å². The molecule has 0 fully saturated rings. The number of hydrogen-bond donors (Lipinski definition) is 1. The Kier molecular flexibility index (Phi) is 3.73. The number of nitrogens with zero attached hydrogens (tertiary/aromatic N) is 2. The lowest BCUT2D eigenvalue weighted by molar-refractivity contribution is 0.370. The van der Waals surface area contributed by atoms with Gasteiger partial charge in [0.05, 0.1) is 11.3 Å². The fraction of sp³-hybridized carbons (Fsp3) is 0.385. The van der Waals surface area contributed by atoms with Crippen molar-refractivity contribution in [1.29, 1.82) is 0 Å². The number of rotatable bonds is 4.